The summed E-state index contributed by atoms with van der Waals surface area (Å²) in [7, 11) is 0. The van der Waals surface area contributed by atoms with Gasteiger partial charge < -0.3 is 4.90 Å². The third-order valence-electron chi connectivity index (χ3n) is 3.89. The highest BCUT2D eigenvalue weighted by molar-refractivity contribution is 5.86. The molecular formula is C13H24N2O. The number of carbonyl (C=O) groups is 1. The Morgan fingerprint density at radius 1 is 1.25 bits per heavy atom. The Hall–Kier alpha value is -0.570. The van der Waals surface area contributed by atoms with E-state index >= 15 is 0 Å². The molecule has 0 aromatic heterocycles. The van der Waals surface area contributed by atoms with Crippen LogP contribution in [-0.4, -0.2) is 35.0 Å². The van der Waals surface area contributed by atoms with Gasteiger partial charge in [0.25, 0.3) is 0 Å². The van der Waals surface area contributed by atoms with Gasteiger partial charge in [-0.15, -0.1) is 0 Å². The molecule has 16 heavy (non-hydrogen) atoms. The van der Waals surface area contributed by atoms with E-state index in [1.165, 1.54) is 32.1 Å². The molecule has 3 nitrogen and oxygen atoms in total. The molecule has 1 saturated heterocycles. The molecule has 2 rings (SSSR count). The molecule has 1 aliphatic heterocycles. The van der Waals surface area contributed by atoms with Gasteiger partial charge >= 0.3 is 0 Å². The first kappa shape index (κ1) is 11.9. The number of piperazine rings is 1. The highest BCUT2D eigenvalue weighted by Crippen LogP contribution is 2.27. The monoisotopic (exact) mass is 224 g/mol. The van der Waals surface area contributed by atoms with Crippen LogP contribution in [-0.2, 0) is 4.79 Å². The molecule has 1 amide bonds. The summed E-state index contributed by atoms with van der Waals surface area (Å²) in [4.78, 5) is 14.5. The molecule has 2 aliphatic rings. The zero-order chi connectivity index (χ0) is 11.8. The van der Waals surface area contributed by atoms with Crippen LogP contribution < -0.4 is 5.32 Å². The van der Waals surface area contributed by atoms with Crippen LogP contribution in [0.1, 0.15) is 52.9 Å². The summed E-state index contributed by atoms with van der Waals surface area (Å²) in [5, 5.41) is 3.38. The maximum Gasteiger partial charge on any atom is 0.242 e. The molecule has 1 atom stereocenters. The Bertz CT molecular complexity index is 269. The minimum Gasteiger partial charge on any atom is -0.337 e. The number of nitrogens with one attached hydrogen (secondary N) is 1. The first-order valence-electron chi connectivity index (χ1n) is 6.59. The normalized spacial score (nSPS) is 31.8. The molecule has 2 fully saturated rings. The summed E-state index contributed by atoms with van der Waals surface area (Å²) < 4.78 is 0. The second kappa shape index (κ2) is 4.36. The number of hydrogen-bond acceptors (Lipinski definition) is 2. The van der Waals surface area contributed by atoms with Gasteiger partial charge in [-0.25, -0.2) is 0 Å². The van der Waals surface area contributed by atoms with Gasteiger partial charge in [0.2, 0.25) is 5.91 Å². The van der Waals surface area contributed by atoms with Gasteiger partial charge in [0.1, 0.15) is 0 Å². The first-order valence-corrected chi connectivity index (χ1v) is 6.59. The molecule has 0 aromatic rings. The van der Waals surface area contributed by atoms with Crippen LogP contribution in [0.15, 0.2) is 0 Å². The van der Waals surface area contributed by atoms with Crippen LogP contribution >= 0.6 is 0 Å². The molecule has 1 heterocycles. The highest BCUT2D eigenvalue weighted by atomic mass is 16.2. The van der Waals surface area contributed by atoms with Crippen molar-refractivity contribution in [2.45, 2.75) is 70.5 Å². The third kappa shape index (κ3) is 2.24. The molecule has 3 heteroatoms. The van der Waals surface area contributed by atoms with Crippen molar-refractivity contribution in [2.24, 2.45) is 0 Å². The van der Waals surface area contributed by atoms with E-state index in [0.717, 1.165) is 6.54 Å². The van der Waals surface area contributed by atoms with Crippen molar-refractivity contribution in [2.75, 3.05) is 6.54 Å². The molecule has 0 bridgehead atoms. The van der Waals surface area contributed by atoms with Gasteiger partial charge in [0, 0.05) is 18.6 Å². The van der Waals surface area contributed by atoms with Crippen molar-refractivity contribution in [3.63, 3.8) is 0 Å². The second-order valence-electron chi connectivity index (χ2n) is 5.92. The number of carbonyl (C=O) groups excluding carboxylic acids is 1. The molecule has 1 aliphatic carbocycles. The van der Waals surface area contributed by atoms with E-state index in [1.54, 1.807) is 0 Å². The molecular weight excluding hydrogens is 200 g/mol. The molecule has 1 N–H and O–H groups in total. The van der Waals surface area contributed by atoms with Gasteiger partial charge in [-0.1, -0.05) is 19.3 Å². The fraction of sp³-hybridized carbons (Fsp3) is 0.923. The summed E-state index contributed by atoms with van der Waals surface area (Å²) in [6, 6.07) is 0.916. The molecule has 92 valence electrons. The lowest BCUT2D eigenvalue weighted by atomic mass is 9.90. The van der Waals surface area contributed by atoms with Crippen molar-refractivity contribution in [1.82, 2.24) is 10.2 Å². The minimum absolute atomic E-state index is 0.289. The summed E-state index contributed by atoms with van der Waals surface area (Å²) in [6.07, 6.45) is 6.33. The van der Waals surface area contributed by atoms with Crippen LogP contribution in [0.25, 0.3) is 0 Å². The Kier molecular flexibility index (Phi) is 3.24. The lowest BCUT2D eigenvalue weighted by Gasteiger charge is -2.46. The van der Waals surface area contributed by atoms with Crippen LogP contribution in [0.2, 0.25) is 0 Å². The predicted octanol–water partition coefficient (Wildman–Crippen LogP) is 1.92. The minimum atomic E-state index is -0.380. The van der Waals surface area contributed by atoms with Crippen molar-refractivity contribution in [3.8, 4) is 0 Å². The standard InChI is InChI=1S/C13H24N2O/c1-10-9-15(11-7-5-4-6-8-11)12(16)13(2,3)14-10/h10-11,14H,4-9H2,1-3H3. The maximum atomic E-state index is 12.4. The first-order chi connectivity index (χ1) is 7.50. The summed E-state index contributed by atoms with van der Waals surface area (Å²) >= 11 is 0. The van der Waals surface area contributed by atoms with E-state index in [2.05, 4.69) is 17.1 Å². The second-order valence-corrected chi connectivity index (χ2v) is 5.92. The highest BCUT2D eigenvalue weighted by Gasteiger charge is 2.40. The van der Waals surface area contributed by atoms with Crippen LogP contribution in [0, 0.1) is 0 Å². The number of rotatable bonds is 1. The zero-order valence-electron chi connectivity index (χ0n) is 10.8. The summed E-state index contributed by atoms with van der Waals surface area (Å²) in [5.74, 6) is 0.289. The lowest BCUT2D eigenvalue weighted by molar-refractivity contribution is -0.144. The van der Waals surface area contributed by atoms with E-state index in [0.29, 0.717) is 12.1 Å². The average Bonchev–Trinajstić information content (AvgIpc) is 2.24. The van der Waals surface area contributed by atoms with Crippen LogP contribution in [0.3, 0.4) is 0 Å². The lowest BCUT2D eigenvalue weighted by Crippen LogP contribution is -2.66. The zero-order valence-corrected chi connectivity index (χ0v) is 10.8. The molecule has 1 unspecified atom stereocenters. The van der Waals surface area contributed by atoms with E-state index in [1.807, 2.05) is 13.8 Å². The number of hydrogen-bond donors (Lipinski definition) is 1. The maximum absolute atomic E-state index is 12.4. The van der Waals surface area contributed by atoms with E-state index in [-0.39, 0.29) is 11.4 Å². The SMILES string of the molecule is CC1CN(C2CCCCC2)C(=O)C(C)(C)N1. The Balaban J connectivity index is 2.09. The van der Waals surface area contributed by atoms with Crippen LogP contribution in [0.5, 0.6) is 0 Å². The summed E-state index contributed by atoms with van der Waals surface area (Å²) in [6.45, 7) is 7.05. The molecule has 0 radical (unpaired) electrons. The van der Waals surface area contributed by atoms with Gasteiger partial charge in [-0.3, -0.25) is 10.1 Å². The van der Waals surface area contributed by atoms with E-state index in [9.17, 15) is 4.79 Å². The molecule has 0 spiro atoms. The van der Waals surface area contributed by atoms with Crippen LogP contribution in [0.4, 0.5) is 0 Å². The quantitative estimate of drug-likeness (QED) is 0.738. The predicted molar refractivity (Wildman–Crippen MR) is 65.3 cm³/mol. The molecule has 1 saturated carbocycles. The van der Waals surface area contributed by atoms with Gasteiger partial charge in [0.05, 0.1) is 5.54 Å². The smallest absolute Gasteiger partial charge is 0.242 e. The van der Waals surface area contributed by atoms with E-state index < -0.39 is 0 Å². The number of amides is 1. The van der Waals surface area contributed by atoms with Gasteiger partial charge in [-0.2, -0.15) is 0 Å². The topological polar surface area (TPSA) is 32.3 Å². The van der Waals surface area contributed by atoms with Crippen molar-refractivity contribution >= 4 is 5.91 Å². The average molecular weight is 224 g/mol. The summed E-state index contributed by atoms with van der Waals surface area (Å²) in [5.41, 5.74) is -0.380. The fourth-order valence-electron chi connectivity index (χ4n) is 3.17. The third-order valence-corrected chi connectivity index (χ3v) is 3.89. The number of nitrogens with zero attached hydrogens (tertiary/aromatic N) is 1. The fourth-order valence-corrected chi connectivity index (χ4v) is 3.17. The van der Waals surface area contributed by atoms with Crippen molar-refractivity contribution in [1.29, 1.82) is 0 Å². The van der Waals surface area contributed by atoms with Crippen molar-refractivity contribution in [3.05, 3.63) is 0 Å². The molecule has 0 aromatic carbocycles. The Labute approximate surface area is 98.6 Å². The van der Waals surface area contributed by atoms with Gasteiger partial charge in [-0.05, 0) is 33.6 Å². The van der Waals surface area contributed by atoms with E-state index in [4.69, 9.17) is 0 Å². The largest absolute Gasteiger partial charge is 0.337 e. The van der Waals surface area contributed by atoms with Gasteiger partial charge in [0.15, 0.2) is 0 Å². The Morgan fingerprint density at radius 3 is 2.50 bits per heavy atom. The van der Waals surface area contributed by atoms with Crippen molar-refractivity contribution < 1.29 is 4.79 Å². The Morgan fingerprint density at radius 2 is 1.88 bits per heavy atom.